The van der Waals surface area contributed by atoms with Gasteiger partial charge in [0.05, 0.1) is 12.2 Å². The molecule has 0 saturated carbocycles. The fraction of sp³-hybridized carbons (Fsp3) is 0.750. The van der Waals surface area contributed by atoms with Crippen LogP contribution in [0.2, 0.25) is 0 Å². The zero-order valence-electron chi connectivity index (χ0n) is 10.9. The average Bonchev–Trinajstić information content (AvgIpc) is 2.73. The van der Waals surface area contributed by atoms with Crippen LogP contribution >= 0.6 is 0 Å². The van der Waals surface area contributed by atoms with Crippen molar-refractivity contribution in [3.63, 3.8) is 0 Å². The highest BCUT2D eigenvalue weighted by Crippen LogP contribution is 2.17. The van der Waals surface area contributed by atoms with E-state index in [0.29, 0.717) is 6.04 Å². The Balaban J connectivity index is 1.74. The van der Waals surface area contributed by atoms with E-state index in [2.05, 4.69) is 15.7 Å². The van der Waals surface area contributed by atoms with Gasteiger partial charge in [0.2, 0.25) is 0 Å². The lowest BCUT2D eigenvalue weighted by Crippen LogP contribution is -2.44. The zero-order chi connectivity index (χ0) is 12.8. The quantitative estimate of drug-likeness (QED) is 0.577. The van der Waals surface area contributed by atoms with Gasteiger partial charge in [-0.2, -0.15) is 5.10 Å². The number of methoxy groups -OCH3 is 1. The van der Waals surface area contributed by atoms with Crippen LogP contribution in [0.5, 0.6) is 0 Å². The van der Waals surface area contributed by atoms with Crippen molar-refractivity contribution in [3.05, 3.63) is 12.3 Å². The van der Waals surface area contributed by atoms with Crippen molar-refractivity contribution < 1.29 is 4.74 Å². The molecule has 1 aliphatic rings. The summed E-state index contributed by atoms with van der Waals surface area (Å²) >= 11 is 0. The Kier molecular flexibility index (Phi) is 4.98. The topological polar surface area (TPSA) is 77.1 Å². The van der Waals surface area contributed by atoms with Crippen LogP contribution in [0.15, 0.2) is 12.3 Å². The predicted molar refractivity (Wildman–Crippen MR) is 71.7 cm³/mol. The predicted octanol–water partition coefficient (Wildman–Crippen LogP) is 0.193. The second-order valence-corrected chi connectivity index (χ2v) is 4.75. The summed E-state index contributed by atoms with van der Waals surface area (Å²) in [4.78, 5) is 0. The second kappa shape index (κ2) is 6.72. The van der Waals surface area contributed by atoms with Crippen LogP contribution in [0.25, 0.3) is 0 Å². The monoisotopic (exact) mass is 253 g/mol. The lowest BCUT2D eigenvalue weighted by molar-refractivity contribution is 0.191. The Morgan fingerprint density at radius 3 is 3.17 bits per heavy atom. The van der Waals surface area contributed by atoms with Gasteiger partial charge in [0.15, 0.2) is 0 Å². The third-order valence-corrected chi connectivity index (χ3v) is 3.24. The van der Waals surface area contributed by atoms with Gasteiger partial charge in [0.1, 0.15) is 5.82 Å². The molecule has 2 heterocycles. The molecule has 0 spiro atoms. The number of anilines is 1. The molecule has 1 atom stereocenters. The largest absolute Gasteiger partial charge is 0.385 e. The van der Waals surface area contributed by atoms with Crippen molar-refractivity contribution in [2.75, 3.05) is 38.7 Å². The fourth-order valence-corrected chi connectivity index (χ4v) is 2.02. The molecule has 1 unspecified atom stereocenters. The Morgan fingerprint density at radius 2 is 2.50 bits per heavy atom. The summed E-state index contributed by atoms with van der Waals surface area (Å²) in [7, 11) is 1.72. The number of rotatable bonds is 8. The minimum absolute atomic E-state index is 0.156. The van der Waals surface area contributed by atoms with Gasteiger partial charge >= 0.3 is 0 Å². The minimum atomic E-state index is 0.156. The highest BCUT2D eigenvalue weighted by atomic mass is 16.5. The van der Waals surface area contributed by atoms with Crippen molar-refractivity contribution in [2.24, 2.45) is 5.73 Å². The molecule has 1 fully saturated rings. The SMILES string of the molecule is COCCCC(N)CNc1ccnn1C1CNC1. The Bertz CT molecular complexity index is 350. The van der Waals surface area contributed by atoms with Crippen molar-refractivity contribution in [3.8, 4) is 0 Å². The average molecular weight is 253 g/mol. The van der Waals surface area contributed by atoms with Gasteiger partial charge in [-0.05, 0) is 12.8 Å². The van der Waals surface area contributed by atoms with Crippen LogP contribution in [0.3, 0.4) is 0 Å². The standard InChI is InChI=1S/C12H23N5O/c1-18-6-2-3-10(13)7-15-12-4-5-16-17(12)11-8-14-9-11/h4-5,10-11,14-15H,2-3,6-9,13H2,1H3. The summed E-state index contributed by atoms with van der Waals surface area (Å²) in [5.74, 6) is 1.06. The molecule has 1 aromatic rings. The van der Waals surface area contributed by atoms with E-state index in [9.17, 15) is 0 Å². The van der Waals surface area contributed by atoms with Crippen molar-refractivity contribution in [1.29, 1.82) is 0 Å². The third-order valence-electron chi connectivity index (χ3n) is 3.24. The third kappa shape index (κ3) is 3.44. The number of nitrogens with one attached hydrogen (secondary N) is 2. The molecule has 1 aromatic heterocycles. The summed E-state index contributed by atoms with van der Waals surface area (Å²) in [5.41, 5.74) is 6.04. The molecule has 6 heteroatoms. The molecule has 0 aromatic carbocycles. The summed E-state index contributed by atoms with van der Waals surface area (Å²) in [5, 5.41) is 11.0. The number of hydrogen-bond donors (Lipinski definition) is 3. The molecular weight excluding hydrogens is 230 g/mol. The van der Waals surface area contributed by atoms with Gasteiger partial charge in [-0.25, -0.2) is 4.68 Å². The molecule has 18 heavy (non-hydrogen) atoms. The van der Waals surface area contributed by atoms with Crippen molar-refractivity contribution in [2.45, 2.75) is 24.9 Å². The van der Waals surface area contributed by atoms with E-state index >= 15 is 0 Å². The van der Waals surface area contributed by atoms with E-state index in [4.69, 9.17) is 10.5 Å². The molecule has 0 aliphatic carbocycles. The smallest absolute Gasteiger partial charge is 0.124 e. The van der Waals surface area contributed by atoms with E-state index in [0.717, 1.165) is 44.9 Å². The molecule has 102 valence electrons. The van der Waals surface area contributed by atoms with Crippen LogP contribution in [-0.4, -0.2) is 49.2 Å². The molecule has 4 N–H and O–H groups in total. The van der Waals surface area contributed by atoms with Crippen molar-refractivity contribution in [1.82, 2.24) is 15.1 Å². The van der Waals surface area contributed by atoms with Crippen LogP contribution in [-0.2, 0) is 4.74 Å². The van der Waals surface area contributed by atoms with Gasteiger partial charge in [-0.3, -0.25) is 0 Å². The molecule has 0 bridgehead atoms. The highest BCUT2D eigenvalue weighted by molar-refractivity contribution is 5.35. The second-order valence-electron chi connectivity index (χ2n) is 4.75. The molecule has 1 aliphatic heterocycles. The van der Waals surface area contributed by atoms with Gasteiger partial charge < -0.3 is 21.1 Å². The summed E-state index contributed by atoms with van der Waals surface area (Å²) in [6.07, 6.45) is 3.81. The number of aromatic nitrogens is 2. The maximum absolute atomic E-state index is 6.04. The van der Waals surface area contributed by atoms with E-state index in [-0.39, 0.29) is 6.04 Å². The van der Waals surface area contributed by atoms with Gasteiger partial charge in [0.25, 0.3) is 0 Å². The molecule has 2 rings (SSSR count). The molecule has 0 amide bonds. The lowest BCUT2D eigenvalue weighted by atomic mass is 10.1. The Hall–Kier alpha value is -1.11. The first-order valence-electron chi connectivity index (χ1n) is 6.54. The van der Waals surface area contributed by atoms with Crippen LogP contribution in [0.1, 0.15) is 18.9 Å². The Morgan fingerprint density at radius 1 is 1.67 bits per heavy atom. The summed E-state index contributed by atoms with van der Waals surface area (Å²) in [6.45, 7) is 3.54. The van der Waals surface area contributed by atoms with Crippen LogP contribution in [0.4, 0.5) is 5.82 Å². The first kappa shape index (κ1) is 13.3. The van der Waals surface area contributed by atoms with E-state index < -0.39 is 0 Å². The molecular formula is C12H23N5O. The van der Waals surface area contributed by atoms with Crippen molar-refractivity contribution >= 4 is 5.82 Å². The highest BCUT2D eigenvalue weighted by Gasteiger charge is 2.21. The lowest BCUT2D eigenvalue weighted by Gasteiger charge is -2.29. The first-order valence-corrected chi connectivity index (χ1v) is 6.54. The van der Waals surface area contributed by atoms with E-state index in [1.807, 2.05) is 16.9 Å². The minimum Gasteiger partial charge on any atom is -0.385 e. The first-order chi connectivity index (χ1) is 8.81. The van der Waals surface area contributed by atoms with E-state index in [1.165, 1.54) is 0 Å². The fourth-order valence-electron chi connectivity index (χ4n) is 2.02. The van der Waals surface area contributed by atoms with Gasteiger partial charge in [0, 0.05) is 45.5 Å². The normalized spacial score (nSPS) is 17.4. The molecule has 6 nitrogen and oxygen atoms in total. The maximum atomic E-state index is 6.04. The number of nitrogens with zero attached hydrogens (tertiary/aromatic N) is 2. The number of ether oxygens (including phenoxy) is 1. The molecule has 0 radical (unpaired) electrons. The van der Waals surface area contributed by atoms with Crippen LogP contribution < -0.4 is 16.4 Å². The number of hydrogen-bond acceptors (Lipinski definition) is 5. The van der Waals surface area contributed by atoms with Crippen LogP contribution in [0, 0.1) is 0 Å². The van der Waals surface area contributed by atoms with E-state index in [1.54, 1.807) is 7.11 Å². The van der Waals surface area contributed by atoms with Gasteiger partial charge in [-0.1, -0.05) is 0 Å². The Labute approximate surface area is 108 Å². The maximum Gasteiger partial charge on any atom is 0.124 e. The van der Waals surface area contributed by atoms with Gasteiger partial charge in [-0.15, -0.1) is 0 Å². The summed E-state index contributed by atoms with van der Waals surface area (Å²) in [6, 6.07) is 2.63. The zero-order valence-corrected chi connectivity index (χ0v) is 10.9. The molecule has 1 saturated heterocycles. The number of nitrogens with two attached hydrogens (primary N) is 1. The summed E-state index contributed by atoms with van der Waals surface area (Å²) < 4.78 is 7.06.